The van der Waals surface area contributed by atoms with Gasteiger partial charge in [0.05, 0.1) is 0 Å². The van der Waals surface area contributed by atoms with Crippen LogP contribution in [0.4, 0.5) is 4.20 Å². The Labute approximate surface area is 60.4 Å². The molecule has 0 N–H and O–H groups in total. The van der Waals surface area contributed by atoms with Gasteiger partial charge in [0.2, 0.25) is 10.7 Å². The van der Waals surface area contributed by atoms with Crippen molar-refractivity contribution in [3.63, 3.8) is 0 Å². The van der Waals surface area contributed by atoms with Gasteiger partial charge in [0.1, 0.15) is 0 Å². The zero-order valence-electron chi connectivity index (χ0n) is 3.92. The van der Waals surface area contributed by atoms with Gasteiger partial charge in [-0.25, -0.2) is 4.79 Å². The summed E-state index contributed by atoms with van der Waals surface area (Å²) in [6, 6.07) is 0. The van der Waals surface area contributed by atoms with Crippen molar-refractivity contribution in [3.8, 4) is 0 Å². The summed E-state index contributed by atoms with van der Waals surface area (Å²) in [5.41, 5.74) is 0. The summed E-state index contributed by atoms with van der Waals surface area (Å²) in [5.74, 6) is 0. The molecule has 0 heterocycles. The van der Waals surface area contributed by atoms with Gasteiger partial charge in [0.25, 0.3) is 0 Å². The number of rotatable bonds is 2. The van der Waals surface area contributed by atoms with E-state index in [4.69, 9.17) is 23.2 Å². The lowest BCUT2D eigenvalue weighted by Crippen LogP contribution is -1.80. The van der Waals surface area contributed by atoms with Gasteiger partial charge in [-0.3, -0.25) is 4.57 Å². The number of carbonyl (C=O) groups excluding carboxylic acids is 1. The molecule has 3 nitrogen and oxygen atoms in total. The molecule has 0 aromatic carbocycles. The molecule has 0 bridgehead atoms. The molecule has 7 heteroatoms. The number of isocyanates is 1. The molecule has 0 rings (SSSR count). The van der Waals surface area contributed by atoms with Crippen LogP contribution < -0.4 is 0 Å². The highest BCUT2D eigenvalue weighted by atomic mass is 35.5. The van der Waals surface area contributed by atoms with Crippen LogP contribution in [0.2, 0.25) is 0 Å². The first-order valence-corrected chi connectivity index (χ1v) is 4.17. The minimum Gasteiger partial charge on any atom is -0.257 e. The zero-order valence-corrected chi connectivity index (χ0v) is 6.33. The smallest absolute Gasteiger partial charge is 0.257 e. The Balaban J connectivity index is 4.39. The fourth-order valence-corrected chi connectivity index (χ4v) is 0.560. The maximum Gasteiger partial charge on any atom is 0.393 e. The molecule has 0 saturated carbocycles. The summed E-state index contributed by atoms with van der Waals surface area (Å²) in [7, 11) is -4.53. The molecule has 52 valence electrons. The van der Waals surface area contributed by atoms with Crippen LogP contribution in [0.25, 0.3) is 0 Å². The lowest BCUT2D eigenvalue weighted by molar-refractivity contribution is 0.540. The van der Waals surface area contributed by atoms with Crippen LogP contribution in [0, 0.1) is 0 Å². The number of alkyl halides is 2. The standard InChI is InChI=1S/C2HCl2FNO2P/c3-2(4)9(5,8)6-1-7/h2H. The number of nitrogens with zero attached hydrogens (tertiary/aromatic N) is 1. The molecule has 0 radical (unpaired) electrons. The lowest BCUT2D eigenvalue weighted by Gasteiger charge is -1.97. The average molecular weight is 192 g/mol. The summed E-state index contributed by atoms with van der Waals surface area (Å²) in [4.78, 5) is 9.30. The molecular formula is C2HCl2FNO2P. The first kappa shape index (κ1) is 9.12. The van der Waals surface area contributed by atoms with E-state index in [1.807, 2.05) is 0 Å². The van der Waals surface area contributed by atoms with E-state index in [0.717, 1.165) is 6.08 Å². The van der Waals surface area contributed by atoms with Crippen LogP contribution in [0.3, 0.4) is 0 Å². The maximum atomic E-state index is 12.1. The Hall–Kier alpha value is 0.120. The Morgan fingerprint density at radius 1 is 1.67 bits per heavy atom. The topological polar surface area (TPSA) is 46.5 Å². The summed E-state index contributed by atoms with van der Waals surface area (Å²) in [6.45, 7) is 0. The third-order valence-electron chi connectivity index (χ3n) is 0.418. The predicted octanol–water partition coefficient (Wildman–Crippen LogP) is 2.25. The second-order valence-electron chi connectivity index (χ2n) is 1.01. The molecule has 1 atom stereocenters. The van der Waals surface area contributed by atoms with Gasteiger partial charge in [0, 0.05) is 0 Å². The minimum atomic E-state index is -4.53. The molecule has 0 saturated heterocycles. The van der Waals surface area contributed by atoms with Gasteiger partial charge in [-0.1, -0.05) is 23.2 Å². The third kappa shape index (κ3) is 2.97. The van der Waals surface area contributed by atoms with E-state index in [-0.39, 0.29) is 0 Å². The van der Waals surface area contributed by atoms with Gasteiger partial charge < -0.3 is 0 Å². The SMILES string of the molecule is O=C=NP(=O)(F)C(Cl)Cl. The van der Waals surface area contributed by atoms with E-state index >= 15 is 0 Å². The van der Waals surface area contributed by atoms with Crippen LogP contribution in [0.15, 0.2) is 4.76 Å². The van der Waals surface area contributed by atoms with Crippen molar-refractivity contribution in [2.45, 2.75) is 4.58 Å². The molecule has 0 amide bonds. The van der Waals surface area contributed by atoms with Crippen molar-refractivity contribution < 1.29 is 13.6 Å². The molecule has 0 aliphatic carbocycles. The quantitative estimate of drug-likeness (QED) is 0.291. The van der Waals surface area contributed by atoms with Crippen molar-refractivity contribution in [2.24, 2.45) is 4.76 Å². The van der Waals surface area contributed by atoms with Crippen LogP contribution in [0.1, 0.15) is 0 Å². The van der Waals surface area contributed by atoms with E-state index in [1.165, 1.54) is 0 Å². The summed E-state index contributed by atoms with van der Waals surface area (Å²) < 4.78 is 22.7. The molecular weight excluding hydrogens is 191 g/mol. The van der Waals surface area contributed by atoms with Gasteiger partial charge in [0.15, 0.2) is 0 Å². The Morgan fingerprint density at radius 3 is 2.22 bits per heavy atom. The highest BCUT2D eigenvalue weighted by Gasteiger charge is 2.29. The van der Waals surface area contributed by atoms with E-state index in [9.17, 15) is 13.6 Å². The van der Waals surface area contributed by atoms with E-state index in [0.29, 0.717) is 0 Å². The number of halogens is 3. The van der Waals surface area contributed by atoms with Crippen molar-refractivity contribution in [1.82, 2.24) is 0 Å². The first-order chi connectivity index (χ1) is 4.00. The summed E-state index contributed by atoms with van der Waals surface area (Å²) >= 11 is 9.61. The molecule has 0 aromatic rings. The van der Waals surface area contributed by atoms with Crippen molar-refractivity contribution >= 4 is 36.9 Å². The molecule has 0 aromatic heterocycles. The van der Waals surface area contributed by atoms with Gasteiger partial charge >= 0.3 is 7.60 Å². The van der Waals surface area contributed by atoms with Crippen LogP contribution in [-0.2, 0) is 9.36 Å². The first-order valence-electron chi connectivity index (χ1n) is 1.67. The van der Waals surface area contributed by atoms with Crippen molar-refractivity contribution in [3.05, 3.63) is 0 Å². The molecule has 1 unspecified atom stereocenters. The largest absolute Gasteiger partial charge is 0.393 e. The molecule has 0 spiro atoms. The minimum absolute atomic E-state index is 0.757. The molecule has 0 fully saturated rings. The molecule has 0 aliphatic heterocycles. The fourth-order valence-electron chi connectivity index (χ4n) is 0.0993. The Kier molecular flexibility index (Phi) is 3.37. The van der Waals surface area contributed by atoms with Crippen molar-refractivity contribution in [1.29, 1.82) is 0 Å². The van der Waals surface area contributed by atoms with E-state index in [2.05, 4.69) is 4.76 Å². The monoisotopic (exact) mass is 191 g/mol. The van der Waals surface area contributed by atoms with Crippen LogP contribution >= 0.6 is 30.8 Å². The van der Waals surface area contributed by atoms with Crippen LogP contribution in [-0.4, -0.2) is 10.7 Å². The van der Waals surface area contributed by atoms with Crippen LogP contribution in [0.5, 0.6) is 0 Å². The number of hydrogen-bond acceptors (Lipinski definition) is 2. The molecule has 9 heavy (non-hydrogen) atoms. The van der Waals surface area contributed by atoms with Gasteiger partial charge in [-0.05, 0) is 0 Å². The fraction of sp³-hybridized carbons (Fsp3) is 0.500. The predicted molar refractivity (Wildman–Crippen MR) is 32.3 cm³/mol. The van der Waals surface area contributed by atoms with E-state index in [1.54, 1.807) is 0 Å². The molecule has 0 aliphatic rings. The average Bonchev–Trinajstić information content (AvgIpc) is 1.65. The third-order valence-corrected chi connectivity index (χ3v) is 2.70. The zero-order chi connectivity index (χ0) is 7.49. The van der Waals surface area contributed by atoms with Gasteiger partial charge in [-0.2, -0.15) is 4.20 Å². The highest BCUT2D eigenvalue weighted by Crippen LogP contribution is 2.56. The maximum absolute atomic E-state index is 12.1. The Bertz CT molecular complexity index is 189. The van der Waals surface area contributed by atoms with Crippen molar-refractivity contribution in [2.75, 3.05) is 0 Å². The van der Waals surface area contributed by atoms with E-state index < -0.39 is 12.2 Å². The van der Waals surface area contributed by atoms with Gasteiger partial charge in [-0.15, -0.1) is 4.76 Å². The lowest BCUT2D eigenvalue weighted by atomic mass is 11.7. The second kappa shape index (κ2) is 3.33. The number of hydrogen-bond donors (Lipinski definition) is 0. The highest BCUT2D eigenvalue weighted by molar-refractivity contribution is 7.61. The summed E-state index contributed by atoms with van der Waals surface area (Å²) in [6.07, 6.45) is 0.757. The second-order valence-corrected chi connectivity index (χ2v) is 4.52. The Morgan fingerprint density at radius 2 is 2.11 bits per heavy atom. The summed E-state index contributed by atoms with van der Waals surface area (Å²) in [5, 5.41) is 0. The normalized spacial score (nSPS) is 16.4.